The first kappa shape index (κ1) is 24.2. The molecule has 3 aliphatic rings. The predicted octanol–water partition coefficient (Wildman–Crippen LogP) is 5.99. The maximum atomic E-state index is 13.0. The maximum Gasteiger partial charge on any atom is 0.573 e. The molecule has 0 spiro atoms. The largest absolute Gasteiger partial charge is 0.573 e. The maximum absolute atomic E-state index is 13.0. The number of hydrogen-bond donors (Lipinski definition) is 1. The van der Waals surface area contributed by atoms with E-state index in [1.165, 1.54) is 29.5 Å². The molecule has 37 heavy (non-hydrogen) atoms. The van der Waals surface area contributed by atoms with Gasteiger partial charge < -0.3 is 24.0 Å². The first-order chi connectivity index (χ1) is 17.8. The van der Waals surface area contributed by atoms with Crippen LogP contribution >= 0.6 is 11.3 Å². The molecule has 1 saturated carbocycles. The zero-order chi connectivity index (χ0) is 25.7. The second-order valence-corrected chi connectivity index (χ2v) is 10.5. The van der Waals surface area contributed by atoms with Crippen LogP contribution in [0.1, 0.15) is 66.3 Å². The van der Waals surface area contributed by atoms with E-state index in [1.54, 1.807) is 11.4 Å². The van der Waals surface area contributed by atoms with Gasteiger partial charge in [-0.05, 0) is 50.7 Å². The Bertz CT molecular complexity index is 1290. The van der Waals surface area contributed by atoms with Crippen molar-refractivity contribution in [3.8, 4) is 17.0 Å². The van der Waals surface area contributed by atoms with Gasteiger partial charge in [-0.3, -0.25) is 0 Å². The van der Waals surface area contributed by atoms with Gasteiger partial charge in [-0.15, -0.1) is 24.5 Å². The lowest BCUT2D eigenvalue weighted by Gasteiger charge is -2.38. The van der Waals surface area contributed by atoms with Gasteiger partial charge in [0, 0.05) is 34.5 Å². The highest BCUT2D eigenvalue weighted by Crippen LogP contribution is 2.46. The average Bonchev–Trinajstić information content (AvgIpc) is 3.30. The molecule has 4 heterocycles. The fourth-order valence-electron chi connectivity index (χ4n) is 5.47. The Kier molecular flexibility index (Phi) is 6.10. The van der Waals surface area contributed by atoms with Crippen LogP contribution < -0.4 is 9.64 Å². The summed E-state index contributed by atoms with van der Waals surface area (Å²) in [6.07, 6.45) is 0.460. The van der Waals surface area contributed by atoms with Gasteiger partial charge in [0.1, 0.15) is 17.2 Å². The van der Waals surface area contributed by atoms with Crippen molar-refractivity contribution >= 4 is 22.4 Å². The van der Waals surface area contributed by atoms with Gasteiger partial charge in [0.15, 0.2) is 10.8 Å². The number of aromatic carboxylic acids is 1. The minimum atomic E-state index is -4.83. The SMILES string of the molecule is O=C(O)c1csc(N2[C@@H]3CC[C@H]2CC(OCc2c(-c4ccccc4OC(F)(F)F)noc2C2CC2)C3)n1. The highest BCUT2D eigenvalue weighted by Gasteiger charge is 2.43. The number of carboxylic acid groups (broad SMARTS) is 1. The predicted molar refractivity (Wildman–Crippen MR) is 127 cm³/mol. The Hall–Kier alpha value is -3.12. The third-order valence-electron chi connectivity index (χ3n) is 7.22. The number of hydrogen-bond acceptors (Lipinski definition) is 8. The fourth-order valence-corrected chi connectivity index (χ4v) is 6.41. The second-order valence-electron chi connectivity index (χ2n) is 9.71. The smallest absolute Gasteiger partial charge is 0.476 e. The van der Waals surface area contributed by atoms with E-state index in [9.17, 15) is 23.1 Å². The van der Waals surface area contributed by atoms with Crippen molar-refractivity contribution in [2.75, 3.05) is 4.90 Å². The standard InChI is InChI=1S/C25H24F3N3O5S/c26-25(27,28)35-20-4-2-1-3-17(20)21-18(22(36-30-21)13-5-6-13)11-34-16-9-14-7-8-15(10-16)31(14)24-29-19(12-37-24)23(32)33/h1-4,12-16H,5-11H2,(H,32,33)/t14-,15+,16?. The normalized spacial score (nSPS) is 23.4. The van der Waals surface area contributed by atoms with Crippen molar-refractivity contribution in [3.05, 3.63) is 46.7 Å². The zero-order valence-electron chi connectivity index (χ0n) is 19.6. The summed E-state index contributed by atoms with van der Waals surface area (Å²) < 4.78 is 55.3. The van der Waals surface area contributed by atoms with Gasteiger partial charge in [-0.25, -0.2) is 9.78 Å². The number of para-hydroxylation sites is 1. The van der Waals surface area contributed by atoms with E-state index in [4.69, 9.17) is 9.26 Å². The van der Waals surface area contributed by atoms with Crippen LogP contribution in [-0.2, 0) is 11.3 Å². The third kappa shape index (κ3) is 4.91. The Balaban J connectivity index is 1.20. The number of fused-ring (bicyclic) bond motifs is 2. The van der Waals surface area contributed by atoms with Crippen LogP contribution in [0.5, 0.6) is 5.75 Å². The molecule has 8 nitrogen and oxygen atoms in total. The molecule has 3 aromatic rings. The minimum Gasteiger partial charge on any atom is -0.476 e. The summed E-state index contributed by atoms with van der Waals surface area (Å²) in [5.41, 5.74) is 1.25. The number of rotatable bonds is 8. The molecule has 2 aromatic heterocycles. The summed E-state index contributed by atoms with van der Waals surface area (Å²) in [6.45, 7) is 0.176. The zero-order valence-corrected chi connectivity index (χ0v) is 20.4. The van der Waals surface area contributed by atoms with E-state index in [0.717, 1.165) is 43.7 Å². The third-order valence-corrected chi connectivity index (χ3v) is 8.07. The summed E-state index contributed by atoms with van der Waals surface area (Å²) in [4.78, 5) is 17.8. The Morgan fingerprint density at radius 1 is 1.16 bits per heavy atom. The van der Waals surface area contributed by atoms with Gasteiger partial charge in [0.2, 0.25) is 0 Å². The first-order valence-corrected chi connectivity index (χ1v) is 13.1. The van der Waals surface area contributed by atoms with Gasteiger partial charge in [0.25, 0.3) is 0 Å². The van der Waals surface area contributed by atoms with Crippen LogP contribution in [0.3, 0.4) is 0 Å². The lowest BCUT2D eigenvalue weighted by Crippen LogP contribution is -2.45. The molecule has 196 valence electrons. The number of benzene rings is 1. The van der Waals surface area contributed by atoms with E-state index < -0.39 is 12.3 Å². The fraction of sp³-hybridized carbons (Fsp3) is 0.480. The molecule has 2 saturated heterocycles. The molecule has 1 N–H and O–H groups in total. The number of piperidine rings is 1. The first-order valence-electron chi connectivity index (χ1n) is 12.2. The lowest BCUT2D eigenvalue weighted by atomic mass is 10.00. The van der Waals surface area contributed by atoms with E-state index in [-0.39, 0.29) is 47.7 Å². The number of alkyl halides is 3. The highest BCUT2D eigenvalue weighted by molar-refractivity contribution is 7.14. The van der Waals surface area contributed by atoms with Crippen molar-refractivity contribution in [2.45, 2.75) is 75.6 Å². The van der Waals surface area contributed by atoms with Crippen molar-refractivity contribution < 1.29 is 37.1 Å². The van der Waals surface area contributed by atoms with Gasteiger partial charge in [-0.1, -0.05) is 17.3 Å². The number of thiazole rings is 1. The van der Waals surface area contributed by atoms with Crippen molar-refractivity contribution in [1.29, 1.82) is 0 Å². The van der Waals surface area contributed by atoms with Crippen LogP contribution in [0.15, 0.2) is 34.2 Å². The highest BCUT2D eigenvalue weighted by atomic mass is 32.1. The van der Waals surface area contributed by atoms with Crippen LogP contribution in [0.2, 0.25) is 0 Å². The summed E-state index contributed by atoms with van der Waals surface area (Å²) in [5.74, 6) is -0.503. The van der Waals surface area contributed by atoms with Crippen LogP contribution in [0.4, 0.5) is 18.3 Å². The molecule has 2 bridgehead atoms. The molecule has 0 radical (unpaired) electrons. The second kappa shape index (κ2) is 9.32. The van der Waals surface area contributed by atoms with E-state index >= 15 is 0 Å². The Labute approximate surface area is 214 Å². The average molecular weight is 536 g/mol. The topological polar surface area (TPSA) is 97.9 Å². The number of halogens is 3. The number of anilines is 1. The molecule has 12 heteroatoms. The van der Waals surface area contributed by atoms with Crippen molar-refractivity contribution in [2.24, 2.45) is 0 Å². The molecule has 3 fully saturated rings. The molecule has 1 unspecified atom stereocenters. The number of ether oxygens (including phenoxy) is 2. The molecule has 1 aliphatic carbocycles. The van der Waals surface area contributed by atoms with E-state index in [0.29, 0.717) is 17.0 Å². The van der Waals surface area contributed by atoms with Crippen molar-refractivity contribution in [1.82, 2.24) is 10.1 Å². The van der Waals surface area contributed by atoms with Crippen LogP contribution in [0.25, 0.3) is 11.3 Å². The lowest BCUT2D eigenvalue weighted by molar-refractivity contribution is -0.274. The molecular weight excluding hydrogens is 511 g/mol. The van der Waals surface area contributed by atoms with Crippen molar-refractivity contribution in [3.63, 3.8) is 0 Å². The summed E-state index contributed by atoms with van der Waals surface area (Å²) in [5, 5.41) is 15.7. The number of nitrogens with zero attached hydrogens (tertiary/aromatic N) is 3. The molecule has 1 aromatic carbocycles. The molecule has 6 rings (SSSR count). The number of carbonyl (C=O) groups is 1. The quantitative estimate of drug-likeness (QED) is 0.376. The molecule has 3 atom stereocenters. The Morgan fingerprint density at radius 3 is 2.54 bits per heavy atom. The van der Waals surface area contributed by atoms with Gasteiger partial charge in [0.05, 0.1) is 12.7 Å². The van der Waals surface area contributed by atoms with E-state index in [2.05, 4.69) is 19.8 Å². The monoisotopic (exact) mass is 535 g/mol. The number of aromatic nitrogens is 2. The number of carboxylic acids is 1. The summed E-state index contributed by atoms with van der Waals surface area (Å²) >= 11 is 1.34. The minimum absolute atomic E-state index is 0.0517. The van der Waals surface area contributed by atoms with Gasteiger partial charge in [-0.2, -0.15) is 0 Å². The van der Waals surface area contributed by atoms with Gasteiger partial charge >= 0.3 is 12.3 Å². The molecule has 0 amide bonds. The van der Waals surface area contributed by atoms with Crippen LogP contribution in [0, 0.1) is 0 Å². The summed E-state index contributed by atoms with van der Waals surface area (Å²) in [6, 6.07) is 6.31. The Morgan fingerprint density at radius 2 is 1.89 bits per heavy atom. The van der Waals surface area contributed by atoms with Crippen LogP contribution in [-0.4, -0.2) is 45.8 Å². The molecular formula is C25H24F3N3O5S. The molecule has 2 aliphatic heterocycles. The summed E-state index contributed by atoms with van der Waals surface area (Å²) in [7, 11) is 0. The van der Waals surface area contributed by atoms with E-state index in [1.807, 2.05) is 0 Å².